The summed E-state index contributed by atoms with van der Waals surface area (Å²) in [6.45, 7) is 0. The summed E-state index contributed by atoms with van der Waals surface area (Å²) in [6.07, 6.45) is 3.05. The Morgan fingerprint density at radius 2 is 2.00 bits per heavy atom. The van der Waals surface area contributed by atoms with E-state index in [0.717, 1.165) is 0 Å². The van der Waals surface area contributed by atoms with Gasteiger partial charge in [-0.1, -0.05) is 0 Å². The summed E-state index contributed by atoms with van der Waals surface area (Å²) in [5.74, 6) is 6.19. The Labute approximate surface area is 58.6 Å². The monoisotopic (exact) mass is 139 g/mol. The van der Waals surface area contributed by atoms with Crippen LogP contribution in [-0.4, -0.2) is 17.0 Å². The van der Waals surface area contributed by atoms with Gasteiger partial charge in [-0.2, -0.15) is 0 Å². The first kappa shape index (κ1) is 6.76. The Morgan fingerprint density at radius 1 is 1.40 bits per heavy atom. The van der Waals surface area contributed by atoms with Crippen molar-refractivity contribution in [1.29, 1.82) is 0 Å². The summed E-state index contributed by atoms with van der Waals surface area (Å²) >= 11 is 0. The minimum absolute atomic E-state index is 0.340. The third-order valence-corrected chi connectivity index (χ3v) is 1.04. The summed E-state index contributed by atoms with van der Waals surface area (Å²) in [6, 6.07) is 0. The lowest BCUT2D eigenvalue weighted by Crippen LogP contribution is -2.27. The third-order valence-electron chi connectivity index (χ3n) is 1.04. The zero-order chi connectivity index (χ0) is 7.56. The molecule has 5 nitrogen and oxygen atoms in total. The Hall–Kier alpha value is -1.36. The van der Waals surface area contributed by atoms with Gasteiger partial charge in [0.15, 0.2) is 11.6 Å². The molecule has 0 bridgehead atoms. The van der Waals surface area contributed by atoms with Gasteiger partial charge >= 0.3 is 0 Å². The summed E-state index contributed by atoms with van der Waals surface area (Å²) in [5.41, 5.74) is 5.43. The number of nitrogens with two attached hydrogens (primary N) is 2. The van der Waals surface area contributed by atoms with Gasteiger partial charge in [0.05, 0.1) is 0 Å². The number of hydrogen-bond acceptors (Lipinski definition) is 5. The molecule has 0 fully saturated rings. The standard InChI is InChI=1S/C5H9N5/c1-10(7)5-4(6)8-2-3-9-5/h2-3H,7H2,1H3,(H2,6,8). The molecule has 0 spiro atoms. The highest BCUT2D eigenvalue weighted by Crippen LogP contribution is 2.10. The van der Waals surface area contributed by atoms with Gasteiger partial charge in [0, 0.05) is 19.4 Å². The molecule has 0 radical (unpaired) electrons. The van der Waals surface area contributed by atoms with E-state index in [-0.39, 0.29) is 0 Å². The number of aromatic nitrogens is 2. The normalized spacial score (nSPS) is 9.40. The number of hydrogen-bond donors (Lipinski definition) is 2. The summed E-state index contributed by atoms with van der Waals surface area (Å²) in [5, 5.41) is 1.32. The minimum Gasteiger partial charge on any atom is -0.381 e. The molecule has 0 amide bonds. The van der Waals surface area contributed by atoms with Crippen molar-refractivity contribution in [2.24, 2.45) is 5.84 Å². The van der Waals surface area contributed by atoms with Crippen molar-refractivity contribution >= 4 is 11.6 Å². The zero-order valence-electron chi connectivity index (χ0n) is 5.65. The minimum atomic E-state index is 0.340. The van der Waals surface area contributed by atoms with Crippen LogP contribution < -0.4 is 16.6 Å². The first-order chi connectivity index (χ1) is 4.72. The highest BCUT2D eigenvalue weighted by molar-refractivity contribution is 5.55. The van der Waals surface area contributed by atoms with Gasteiger partial charge in [-0.05, 0) is 0 Å². The molecule has 54 valence electrons. The first-order valence-corrected chi connectivity index (χ1v) is 2.76. The Kier molecular flexibility index (Phi) is 1.68. The number of hydrazine groups is 1. The van der Waals surface area contributed by atoms with Crippen LogP contribution in [0.3, 0.4) is 0 Å². The molecule has 1 aromatic rings. The second-order valence-corrected chi connectivity index (χ2v) is 1.88. The smallest absolute Gasteiger partial charge is 0.185 e. The molecule has 1 rings (SSSR count). The van der Waals surface area contributed by atoms with Crippen molar-refractivity contribution in [3.05, 3.63) is 12.4 Å². The number of anilines is 2. The molecule has 0 aliphatic rings. The van der Waals surface area contributed by atoms with E-state index in [9.17, 15) is 0 Å². The molecular weight excluding hydrogens is 130 g/mol. The topological polar surface area (TPSA) is 81.1 Å². The Morgan fingerprint density at radius 3 is 2.40 bits per heavy atom. The Balaban J connectivity index is 3.03. The number of nitrogens with zero attached hydrogens (tertiary/aromatic N) is 3. The molecular formula is C5H9N5. The zero-order valence-corrected chi connectivity index (χ0v) is 5.65. The predicted octanol–water partition coefficient (Wildman–Crippen LogP) is -0.631. The molecule has 0 saturated heterocycles. The van der Waals surface area contributed by atoms with Crippen LogP contribution in [-0.2, 0) is 0 Å². The van der Waals surface area contributed by atoms with Crippen LogP contribution in [0.5, 0.6) is 0 Å². The lowest BCUT2D eigenvalue weighted by Gasteiger charge is -2.10. The van der Waals surface area contributed by atoms with Crippen LogP contribution in [0.1, 0.15) is 0 Å². The SMILES string of the molecule is CN(N)c1nccnc1N. The van der Waals surface area contributed by atoms with Gasteiger partial charge in [-0.25, -0.2) is 15.8 Å². The maximum Gasteiger partial charge on any atom is 0.185 e. The van der Waals surface area contributed by atoms with Gasteiger partial charge in [-0.3, -0.25) is 5.01 Å². The molecule has 10 heavy (non-hydrogen) atoms. The third kappa shape index (κ3) is 1.14. The molecule has 1 aromatic heterocycles. The summed E-state index contributed by atoms with van der Waals surface area (Å²) in [4.78, 5) is 7.69. The van der Waals surface area contributed by atoms with E-state index >= 15 is 0 Å². The van der Waals surface area contributed by atoms with Crippen molar-refractivity contribution in [2.45, 2.75) is 0 Å². The van der Waals surface area contributed by atoms with E-state index in [0.29, 0.717) is 11.6 Å². The molecule has 1 heterocycles. The Bertz CT molecular complexity index is 221. The van der Waals surface area contributed by atoms with Crippen molar-refractivity contribution in [3.63, 3.8) is 0 Å². The average molecular weight is 139 g/mol. The largest absolute Gasteiger partial charge is 0.381 e. The average Bonchev–Trinajstić information content (AvgIpc) is 1.88. The lowest BCUT2D eigenvalue weighted by atomic mass is 10.6. The van der Waals surface area contributed by atoms with Crippen molar-refractivity contribution in [2.75, 3.05) is 17.8 Å². The van der Waals surface area contributed by atoms with E-state index in [4.69, 9.17) is 11.6 Å². The fraction of sp³-hybridized carbons (Fsp3) is 0.200. The molecule has 0 atom stereocenters. The highest BCUT2D eigenvalue weighted by atomic mass is 15.4. The summed E-state index contributed by atoms with van der Waals surface area (Å²) < 4.78 is 0. The van der Waals surface area contributed by atoms with Crippen LogP contribution in [0.25, 0.3) is 0 Å². The molecule has 5 heteroatoms. The van der Waals surface area contributed by atoms with Crippen LogP contribution in [0, 0.1) is 0 Å². The fourth-order valence-corrected chi connectivity index (χ4v) is 0.613. The fourth-order valence-electron chi connectivity index (χ4n) is 0.613. The predicted molar refractivity (Wildman–Crippen MR) is 39.0 cm³/mol. The van der Waals surface area contributed by atoms with Crippen LogP contribution in [0.2, 0.25) is 0 Å². The molecule has 0 aromatic carbocycles. The quantitative estimate of drug-likeness (QED) is 0.400. The van der Waals surface area contributed by atoms with Crippen LogP contribution in [0.15, 0.2) is 12.4 Å². The first-order valence-electron chi connectivity index (χ1n) is 2.76. The van der Waals surface area contributed by atoms with E-state index < -0.39 is 0 Å². The van der Waals surface area contributed by atoms with Gasteiger partial charge in [0.2, 0.25) is 0 Å². The van der Waals surface area contributed by atoms with Gasteiger partial charge in [0.1, 0.15) is 0 Å². The molecule has 0 unspecified atom stereocenters. The van der Waals surface area contributed by atoms with Crippen LogP contribution in [0.4, 0.5) is 11.6 Å². The maximum atomic E-state index is 5.43. The van der Waals surface area contributed by atoms with E-state index in [1.807, 2.05) is 0 Å². The highest BCUT2D eigenvalue weighted by Gasteiger charge is 2.00. The van der Waals surface area contributed by atoms with E-state index in [1.165, 1.54) is 17.4 Å². The molecule has 4 N–H and O–H groups in total. The number of rotatable bonds is 1. The van der Waals surface area contributed by atoms with Crippen molar-refractivity contribution < 1.29 is 0 Å². The van der Waals surface area contributed by atoms with Gasteiger partial charge in [-0.15, -0.1) is 0 Å². The molecule has 0 saturated carbocycles. The maximum absolute atomic E-state index is 5.43. The van der Waals surface area contributed by atoms with E-state index in [2.05, 4.69) is 9.97 Å². The number of nitrogen functional groups attached to an aromatic ring is 1. The van der Waals surface area contributed by atoms with Crippen molar-refractivity contribution in [3.8, 4) is 0 Å². The second kappa shape index (κ2) is 2.49. The lowest BCUT2D eigenvalue weighted by molar-refractivity contribution is 0.967. The van der Waals surface area contributed by atoms with E-state index in [1.54, 1.807) is 7.05 Å². The summed E-state index contributed by atoms with van der Waals surface area (Å²) in [7, 11) is 1.65. The molecule has 0 aliphatic heterocycles. The van der Waals surface area contributed by atoms with Crippen LogP contribution >= 0.6 is 0 Å². The second-order valence-electron chi connectivity index (χ2n) is 1.88. The van der Waals surface area contributed by atoms with Crippen molar-refractivity contribution in [1.82, 2.24) is 9.97 Å². The van der Waals surface area contributed by atoms with Gasteiger partial charge < -0.3 is 5.73 Å². The van der Waals surface area contributed by atoms with Gasteiger partial charge in [0.25, 0.3) is 0 Å². The molecule has 0 aliphatic carbocycles.